The Morgan fingerprint density at radius 3 is 2.71 bits per heavy atom. The lowest BCUT2D eigenvalue weighted by atomic mass is 10.2. The van der Waals surface area contributed by atoms with Gasteiger partial charge >= 0.3 is 6.09 Å². The summed E-state index contributed by atoms with van der Waals surface area (Å²) < 4.78 is 5.76. The number of halogens is 1. The number of nitrogens with zero attached hydrogens (tertiary/aromatic N) is 1. The van der Waals surface area contributed by atoms with Crippen molar-refractivity contribution in [3.05, 3.63) is 33.4 Å². The zero-order chi connectivity index (χ0) is 10.6. The lowest BCUT2D eigenvalue weighted by molar-refractivity contribution is 0.131. The first kappa shape index (κ1) is 11.3. The van der Waals surface area contributed by atoms with E-state index >= 15 is 0 Å². The van der Waals surface area contributed by atoms with Crippen molar-refractivity contribution in [2.24, 2.45) is 0 Å². The molecule has 14 heavy (non-hydrogen) atoms. The van der Waals surface area contributed by atoms with Gasteiger partial charge in [-0.15, -0.1) is 0 Å². The Hall–Kier alpha value is -0.780. The van der Waals surface area contributed by atoms with Crippen LogP contribution in [0.25, 0.3) is 0 Å². The third-order valence-corrected chi connectivity index (χ3v) is 2.90. The first-order valence-corrected chi connectivity index (χ1v) is 5.25. The summed E-state index contributed by atoms with van der Waals surface area (Å²) in [6.07, 6.45) is -0.315. The second kappa shape index (κ2) is 5.19. The van der Waals surface area contributed by atoms with Crippen LogP contribution < -0.4 is 0 Å². The first-order valence-electron chi connectivity index (χ1n) is 4.17. The van der Waals surface area contributed by atoms with Gasteiger partial charge in [0.2, 0.25) is 0 Å². The molecule has 3 nitrogen and oxygen atoms in total. The number of hydrogen-bond donors (Lipinski definition) is 0. The van der Waals surface area contributed by atoms with Gasteiger partial charge in [0.1, 0.15) is 0 Å². The minimum atomic E-state index is -0.315. The highest BCUT2D eigenvalue weighted by atomic mass is 127. The van der Waals surface area contributed by atoms with E-state index in [4.69, 9.17) is 0 Å². The summed E-state index contributed by atoms with van der Waals surface area (Å²) in [5, 5.41) is 0. The third-order valence-electron chi connectivity index (χ3n) is 1.85. The fourth-order valence-corrected chi connectivity index (χ4v) is 1.66. The second-order valence-electron chi connectivity index (χ2n) is 2.92. The van der Waals surface area contributed by atoms with Crippen molar-refractivity contribution in [2.45, 2.75) is 6.54 Å². The van der Waals surface area contributed by atoms with Crippen LogP contribution in [0.3, 0.4) is 0 Å². The van der Waals surface area contributed by atoms with Gasteiger partial charge in [-0.2, -0.15) is 0 Å². The summed E-state index contributed by atoms with van der Waals surface area (Å²) in [5.74, 6) is 0. The average molecular weight is 305 g/mol. The molecule has 0 aliphatic heterocycles. The maximum atomic E-state index is 11.1. The molecule has 1 amide bonds. The third kappa shape index (κ3) is 2.87. The molecule has 1 aromatic rings. The number of amides is 1. The predicted molar refractivity (Wildman–Crippen MR) is 63.0 cm³/mol. The van der Waals surface area contributed by atoms with E-state index in [1.165, 1.54) is 12.0 Å². The summed E-state index contributed by atoms with van der Waals surface area (Å²) in [5.41, 5.74) is 1.13. The van der Waals surface area contributed by atoms with E-state index in [9.17, 15) is 4.79 Å². The molecule has 4 heteroatoms. The Labute approximate surface area is 97.2 Å². The van der Waals surface area contributed by atoms with Crippen molar-refractivity contribution < 1.29 is 9.53 Å². The van der Waals surface area contributed by atoms with Crippen molar-refractivity contribution in [3.8, 4) is 0 Å². The highest BCUT2D eigenvalue weighted by Gasteiger charge is 2.09. The van der Waals surface area contributed by atoms with Crippen molar-refractivity contribution in [1.82, 2.24) is 4.90 Å². The molecule has 0 N–H and O–H groups in total. The van der Waals surface area contributed by atoms with E-state index < -0.39 is 0 Å². The number of benzene rings is 1. The summed E-state index contributed by atoms with van der Waals surface area (Å²) in [7, 11) is 3.10. The van der Waals surface area contributed by atoms with Crippen molar-refractivity contribution in [2.75, 3.05) is 14.2 Å². The highest BCUT2D eigenvalue weighted by molar-refractivity contribution is 14.1. The molecule has 0 unspecified atom stereocenters. The molecule has 0 aromatic heterocycles. The molecule has 0 saturated carbocycles. The smallest absolute Gasteiger partial charge is 0.409 e. The molecular formula is C10H12INO2. The van der Waals surface area contributed by atoms with E-state index in [1.807, 2.05) is 24.3 Å². The van der Waals surface area contributed by atoms with E-state index in [0.29, 0.717) is 6.54 Å². The normalized spacial score (nSPS) is 9.64. The van der Waals surface area contributed by atoms with E-state index in [2.05, 4.69) is 27.3 Å². The molecule has 0 heterocycles. The standard InChI is InChI=1S/C10H12INO2/c1-12(10(13)14-2)7-8-5-3-4-6-9(8)11/h3-6H,7H2,1-2H3. The lowest BCUT2D eigenvalue weighted by Gasteiger charge is -2.16. The molecule has 1 aromatic carbocycles. The number of carbonyl (C=O) groups excluding carboxylic acids is 1. The van der Waals surface area contributed by atoms with Gasteiger partial charge in [-0.05, 0) is 34.2 Å². The molecule has 0 radical (unpaired) electrons. The molecule has 0 fully saturated rings. The summed E-state index contributed by atoms with van der Waals surface area (Å²) >= 11 is 2.25. The van der Waals surface area contributed by atoms with Gasteiger partial charge < -0.3 is 9.64 Å². The fourth-order valence-electron chi connectivity index (χ4n) is 1.10. The van der Waals surface area contributed by atoms with Crippen LogP contribution >= 0.6 is 22.6 Å². The fraction of sp³-hybridized carbons (Fsp3) is 0.300. The Balaban J connectivity index is 2.69. The molecule has 1 rings (SSSR count). The number of rotatable bonds is 2. The van der Waals surface area contributed by atoms with Crippen molar-refractivity contribution in [1.29, 1.82) is 0 Å². The summed E-state index contributed by atoms with van der Waals surface area (Å²) in [6.45, 7) is 0.575. The van der Waals surface area contributed by atoms with Crippen LogP contribution in [-0.2, 0) is 11.3 Å². The maximum absolute atomic E-state index is 11.1. The quantitative estimate of drug-likeness (QED) is 0.786. The number of carbonyl (C=O) groups is 1. The van der Waals surface area contributed by atoms with Gasteiger partial charge in [0.05, 0.1) is 7.11 Å². The van der Waals surface area contributed by atoms with Crippen LogP contribution in [0, 0.1) is 3.57 Å². The van der Waals surface area contributed by atoms with Gasteiger partial charge in [0, 0.05) is 17.2 Å². The van der Waals surface area contributed by atoms with Crippen LogP contribution in [0.2, 0.25) is 0 Å². The monoisotopic (exact) mass is 305 g/mol. The Morgan fingerprint density at radius 1 is 1.50 bits per heavy atom. The van der Waals surface area contributed by atoms with Gasteiger partial charge in [0.15, 0.2) is 0 Å². The summed E-state index contributed by atoms with van der Waals surface area (Å²) in [4.78, 5) is 12.7. The Morgan fingerprint density at radius 2 is 2.14 bits per heavy atom. The van der Waals surface area contributed by atoms with E-state index in [1.54, 1.807) is 7.05 Å². The van der Waals surface area contributed by atoms with Crippen LogP contribution in [0.4, 0.5) is 4.79 Å². The van der Waals surface area contributed by atoms with Crippen LogP contribution in [-0.4, -0.2) is 25.2 Å². The number of ether oxygens (including phenoxy) is 1. The highest BCUT2D eigenvalue weighted by Crippen LogP contribution is 2.13. The van der Waals surface area contributed by atoms with E-state index in [0.717, 1.165) is 9.13 Å². The van der Waals surface area contributed by atoms with Gasteiger partial charge in [-0.25, -0.2) is 4.79 Å². The van der Waals surface area contributed by atoms with Gasteiger partial charge in [0.25, 0.3) is 0 Å². The van der Waals surface area contributed by atoms with Crippen LogP contribution in [0.5, 0.6) is 0 Å². The zero-order valence-corrected chi connectivity index (χ0v) is 10.3. The number of methoxy groups -OCH3 is 1. The Bertz CT molecular complexity index is 328. The average Bonchev–Trinajstić information content (AvgIpc) is 2.20. The van der Waals surface area contributed by atoms with Gasteiger partial charge in [-0.3, -0.25) is 0 Å². The van der Waals surface area contributed by atoms with Gasteiger partial charge in [-0.1, -0.05) is 18.2 Å². The molecule has 0 aliphatic rings. The molecule has 0 atom stereocenters. The SMILES string of the molecule is COC(=O)N(C)Cc1ccccc1I. The topological polar surface area (TPSA) is 29.5 Å². The number of hydrogen-bond acceptors (Lipinski definition) is 2. The van der Waals surface area contributed by atoms with Crippen molar-refractivity contribution >= 4 is 28.7 Å². The largest absolute Gasteiger partial charge is 0.453 e. The van der Waals surface area contributed by atoms with Crippen LogP contribution in [0.15, 0.2) is 24.3 Å². The van der Waals surface area contributed by atoms with E-state index in [-0.39, 0.29) is 6.09 Å². The molecule has 76 valence electrons. The Kier molecular flexibility index (Phi) is 4.19. The summed E-state index contributed by atoms with van der Waals surface area (Å²) in [6, 6.07) is 7.95. The first-order chi connectivity index (χ1) is 6.65. The minimum absolute atomic E-state index is 0.315. The minimum Gasteiger partial charge on any atom is -0.453 e. The molecular weight excluding hydrogens is 293 g/mol. The molecule has 0 bridgehead atoms. The molecule has 0 saturated heterocycles. The second-order valence-corrected chi connectivity index (χ2v) is 4.08. The predicted octanol–water partition coefficient (Wildman–Crippen LogP) is 2.49. The van der Waals surface area contributed by atoms with Crippen LogP contribution in [0.1, 0.15) is 5.56 Å². The zero-order valence-electron chi connectivity index (χ0n) is 8.16. The molecule has 0 aliphatic carbocycles. The maximum Gasteiger partial charge on any atom is 0.409 e. The lowest BCUT2D eigenvalue weighted by Crippen LogP contribution is -2.26. The molecule has 0 spiro atoms. The van der Waals surface area contributed by atoms with Crippen molar-refractivity contribution in [3.63, 3.8) is 0 Å².